The van der Waals surface area contributed by atoms with Crippen LogP contribution in [0, 0.1) is 13.8 Å². The number of rotatable bonds is 10. The van der Waals surface area contributed by atoms with Crippen molar-refractivity contribution < 1.29 is 14.3 Å². The third-order valence-electron chi connectivity index (χ3n) is 5.75. The van der Waals surface area contributed by atoms with E-state index < -0.39 is 6.04 Å². The van der Waals surface area contributed by atoms with Crippen LogP contribution in [0.1, 0.15) is 36.1 Å². The lowest BCUT2D eigenvalue weighted by atomic mass is 10.0. The SMILES string of the molecule is Cc1ccc(C)c(OCC(=O)N(Cc2ccc(Cl)cc2Cl)C(Cc2ccccc2)C(=O)NC(C)C)c1. The second-order valence-corrected chi connectivity index (χ2v) is 10.0. The Labute approximate surface area is 223 Å². The molecule has 2 amide bonds. The molecule has 3 aromatic carbocycles. The molecule has 0 saturated heterocycles. The molecule has 36 heavy (non-hydrogen) atoms. The Morgan fingerprint density at radius 3 is 2.36 bits per heavy atom. The van der Waals surface area contributed by atoms with Crippen LogP contribution in [0.2, 0.25) is 10.0 Å². The minimum Gasteiger partial charge on any atom is -0.483 e. The fourth-order valence-electron chi connectivity index (χ4n) is 3.85. The maximum atomic E-state index is 13.7. The first kappa shape index (κ1) is 27.6. The summed E-state index contributed by atoms with van der Waals surface area (Å²) in [5.41, 5.74) is 3.60. The quantitative estimate of drug-likeness (QED) is 0.344. The van der Waals surface area contributed by atoms with Gasteiger partial charge in [0.05, 0.1) is 0 Å². The van der Waals surface area contributed by atoms with Crippen molar-refractivity contribution in [3.05, 3.63) is 99.0 Å². The molecule has 0 radical (unpaired) electrons. The third kappa shape index (κ3) is 7.74. The number of aryl methyl sites for hydroxylation is 2. The maximum absolute atomic E-state index is 13.7. The summed E-state index contributed by atoms with van der Waals surface area (Å²) in [6.07, 6.45) is 0.347. The maximum Gasteiger partial charge on any atom is 0.261 e. The predicted molar refractivity (Wildman–Crippen MR) is 146 cm³/mol. The molecule has 0 aliphatic carbocycles. The third-order valence-corrected chi connectivity index (χ3v) is 6.34. The lowest BCUT2D eigenvalue weighted by Crippen LogP contribution is -2.52. The van der Waals surface area contributed by atoms with Gasteiger partial charge in [-0.1, -0.05) is 71.7 Å². The van der Waals surface area contributed by atoms with Gasteiger partial charge in [-0.15, -0.1) is 0 Å². The molecule has 5 nitrogen and oxygen atoms in total. The number of amides is 2. The molecule has 1 atom stereocenters. The number of hydrogen-bond acceptors (Lipinski definition) is 3. The summed E-state index contributed by atoms with van der Waals surface area (Å²) in [5.74, 6) is 0.0832. The first-order valence-electron chi connectivity index (χ1n) is 11.9. The van der Waals surface area contributed by atoms with E-state index in [1.165, 1.54) is 0 Å². The van der Waals surface area contributed by atoms with E-state index in [1.807, 2.05) is 76.2 Å². The molecule has 0 bridgehead atoms. The van der Waals surface area contributed by atoms with Crippen molar-refractivity contribution in [3.8, 4) is 5.75 Å². The van der Waals surface area contributed by atoms with Crippen LogP contribution in [0.25, 0.3) is 0 Å². The molecule has 0 aliphatic rings. The summed E-state index contributed by atoms with van der Waals surface area (Å²) >= 11 is 12.6. The predicted octanol–water partition coefficient (Wildman–Crippen LogP) is 6.15. The molecular formula is C29H32Cl2N2O3. The van der Waals surface area contributed by atoms with Crippen LogP contribution in [0.15, 0.2) is 66.7 Å². The molecule has 0 saturated carbocycles. The summed E-state index contributed by atoms with van der Waals surface area (Å²) < 4.78 is 5.93. The minimum absolute atomic E-state index is 0.0851. The Morgan fingerprint density at radius 2 is 1.69 bits per heavy atom. The zero-order chi connectivity index (χ0) is 26.2. The number of carbonyl (C=O) groups is 2. The highest BCUT2D eigenvalue weighted by atomic mass is 35.5. The summed E-state index contributed by atoms with van der Waals surface area (Å²) in [4.78, 5) is 28.6. The molecule has 3 rings (SSSR count). The Morgan fingerprint density at radius 1 is 0.972 bits per heavy atom. The van der Waals surface area contributed by atoms with Crippen molar-refractivity contribution in [2.45, 2.75) is 52.7 Å². The van der Waals surface area contributed by atoms with Crippen molar-refractivity contribution >= 4 is 35.0 Å². The van der Waals surface area contributed by atoms with Crippen molar-refractivity contribution in [3.63, 3.8) is 0 Å². The van der Waals surface area contributed by atoms with Crippen molar-refractivity contribution in [2.75, 3.05) is 6.61 Å². The van der Waals surface area contributed by atoms with Gasteiger partial charge in [0, 0.05) is 29.1 Å². The van der Waals surface area contributed by atoms with E-state index in [4.69, 9.17) is 27.9 Å². The van der Waals surface area contributed by atoms with E-state index in [-0.39, 0.29) is 31.0 Å². The average molecular weight is 527 g/mol. The van der Waals surface area contributed by atoms with E-state index in [1.54, 1.807) is 23.1 Å². The van der Waals surface area contributed by atoms with Crippen LogP contribution < -0.4 is 10.1 Å². The van der Waals surface area contributed by atoms with Gasteiger partial charge in [-0.3, -0.25) is 9.59 Å². The number of nitrogens with one attached hydrogen (secondary N) is 1. The second-order valence-electron chi connectivity index (χ2n) is 9.18. The standard InChI is InChI=1S/C29H32Cl2N2O3/c1-19(2)32-29(35)26(15-22-8-6-5-7-9-22)33(17-23-12-13-24(30)16-25(23)31)28(34)18-36-27-14-20(3)10-11-21(27)4/h5-14,16,19,26H,15,17-18H2,1-4H3,(H,32,35). The van der Waals surface area contributed by atoms with Gasteiger partial charge < -0.3 is 15.0 Å². The number of ether oxygens (including phenoxy) is 1. The fraction of sp³-hybridized carbons (Fsp3) is 0.310. The van der Waals surface area contributed by atoms with Crippen LogP contribution in [0.5, 0.6) is 5.75 Å². The topological polar surface area (TPSA) is 58.6 Å². The summed E-state index contributed by atoms with van der Waals surface area (Å²) in [6.45, 7) is 7.60. The van der Waals surface area contributed by atoms with Gasteiger partial charge in [-0.05, 0) is 68.1 Å². The minimum atomic E-state index is -0.767. The van der Waals surface area contributed by atoms with Crippen LogP contribution >= 0.6 is 23.2 Å². The van der Waals surface area contributed by atoms with Crippen LogP contribution in [0.3, 0.4) is 0 Å². The van der Waals surface area contributed by atoms with Crippen molar-refractivity contribution in [1.82, 2.24) is 10.2 Å². The first-order valence-corrected chi connectivity index (χ1v) is 12.7. The Bertz CT molecular complexity index is 1200. The highest BCUT2D eigenvalue weighted by Gasteiger charge is 2.31. The molecule has 0 aliphatic heterocycles. The van der Waals surface area contributed by atoms with E-state index >= 15 is 0 Å². The molecule has 0 aromatic heterocycles. The van der Waals surface area contributed by atoms with Crippen LogP contribution in [-0.4, -0.2) is 35.4 Å². The molecule has 3 aromatic rings. The van der Waals surface area contributed by atoms with E-state index in [9.17, 15) is 9.59 Å². The van der Waals surface area contributed by atoms with Crippen LogP contribution in [0.4, 0.5) is 0 Å². The number of hydrogen-bond donors (Lipinski definition) is 1. The van der Waals surface area contributed by atoms with Gasteiger partial charge in [0.25, 0.3) is 5.91 Å². The monoisotopic (exact) mass is 526 g/mol. The highest BCUT2D eigenvalue weighted by molar-refractivity contribution is 6.35. The highest BCUT2D eigenvalue weighted by Crippen LogP contribution is 2.25. The van der Waals surface area contributed by atoms with E-state index in [0.29, 0.717) is 27.8 Å². The molecule has 7 heteroatoms. The van der Waals surface area contributed by atoms with Gasteiger partial charge in [0.1, 0.15) is 11.8 Å². The Kier molecular flexibility index (Phi) is 9.80. The molecular weight excluding hydrogens is 495 g/mol. The number of halogens is 2. The summed E-state index contributed by atoms with van der Waals surface area (Å²) in [5, 5.41) is 3.90. The molecule has 1 N–H and O–H groups in total. The lowest BCUT2D eigenvalue weighted by Gasteiger charge is -2.32. The van der Waals surface area contributed by atoms with Gasteiger partial charge in [0.15, 0.2) is 6.61 Å². The number of carbonyl (C=O) groups excluding carboxylic acids is 2. The molecule has 1 unspecified atom stereocenters. The largest absolute Gasteiger partial charge is 0.483 e. The fourth-order valence-corrected chi connectivity index (χ4v) is 4.32. The first-order chi connectivity index (χ1) is 17.1. The molecule has 0 spiro atoms. The van der Waals surface area contributed by atoms with Gasteiger partial charge >= 0.3 is 0 Å². The van der Waals surface area contributed by atoms with E-state index in [0.717, 1.165) is 16.7 Å². The van der Waals surface area contributed by atoms with Crippen LogP contribution in [-0.2, 0) is 22.6 Å². The number of nitrogens with zero attached hydrogens (tertiary/aromatic N) is 1. The summed E-state index contributed by atoms with van der Waals surface area (Å²) in [6, 6.07) is 19.8. The molecule has 0 fully saturated rings. The van der Waals surface area contributed by atoms with Gasteiger partial charge in [0.2, 0.25) is 5.91 Å². The smallest absolute Gasteiger partial charge is 0.261 e. The summed E-state index contributed by atoms with van der Waals surface area (Å²) in [7, 11) is 0. The Balaban J connectivity index is 1.95. The zero-order valence-corrected chi connectivity index (χ0v) is 22.6. The molecule has 0 heterocycles. The van der Waals surface area contributed by atoms with E-state index in [2.05, 4.69) is 5.32 Å². The average Bonchev–Trinajstić information content (AvgIpc) is 2.83. The van der Waals surface area contributed by atoms with Gasteiger partial charge in [-0.25, -0.2) is 0 Å². The Hall–Kier alpha value is -3.02. The van der Waals surface area contributed by atoms with Gasteiger partial charge in [-0.2, -0.15) is 0 Å². The zero-order valence-electron chi connectivity index (χ0n) is 21.1. The lowest BCUT2D eigenvalue weighted by molar-refractivity contribution is -0.143. The van der Waals surface area contributed by atoms with Crippen molar-refractivity contribution in [2.24, 2.45) is 0 Å². The van der Waals surface area contributed by atoms with Crippen molar-refractivity contribution in [1.29, 1.82) is 0 Å². The normalized spacial score (nSPS) is 11.8. The molecule has 190 valence electrons. The number of benzene rings is 3. The second kappa shape index (κ2) is 12.8.